The second kappa shape index (κ2) is 6.69. The van der Waals surface area contributed by atoms with E-state index in [0.717, 1.165) is 30.9 Å². The lowest BCUT2D eigenvalue weighted by Gasteiger charge is -2.27. The minimum Gasteiger partial charge on any atom is -0.378 e. The van der Waals surface area contributed by atoms with Crippen molar-refractivity contribution in [3.8, 4) is 6.07 Å². The Bertz CT molecular complexity index is 484. The van der Waals surface area contributed by atoms with Gasteiger partial charge in [0.2, 0.25) is 0 Å². The molecule has 1 aromatic heterocycles. The predicted molar refractivity (Wildman–Crippen MR) is 75.9 cm³/mol. The average Bonchev–Trinajstić information content (AvgIpc) is 2.90. The lowest BCUT2D eigenvalue weighted by atomic mass is 10.1. The first-order valence-corrected chi connectivity index (χ1v) is 7.47. The molecule has 4 nitrogen and oxygen atoms in total. The van der Waals surface area contributed by atoms with E-state index in [1.807, 2.05) is 0 Å². The molecule has 2 heterocycles. The summed E-state index contributed by atoms with van der Waals surface area (Å²) >= 11 is 1.45. The van der Waals surface area contributed by atoms with Crippen molar-refractivity contribution < 1.29 is 9.53 Å². The smallest absolute Gasteiger partial charge is 0.172 e. The maximum Gasteiger partial charge on any atom is 0.172 e. The van der Waals surface area contributed by atoms with E-state index in [9.17, 15) is 10.1 Å². The topological polar surface area (TPSA) is 53.3 Å². The van der Waals surface area contributed by atoms with E-state index in [2.05, 4.69) is 17.9 Å². The third-order valence-electron chi connectivity index (χ3n) is 3.16. The average molecular weight is 278 g/mol. The van der Waals surface area contributed by atoms with Crippen LogP contribution in [0.15, 0.2) is 6.07 Å². The number of thiophene rings is 1. The summed E-state index contributed by atoms with van der Waals surface area (Å²) in [7, 11) is 0. The van der Waals surface area contributed by atoms with Crippen LogP contribution in [0.25, 0.3) is 0 Å². The summed E-state index contributed by atoms with van der Waals surface area (Å²) in [6, 6.07) is 3.94. The Hall–Kier alpha value is -1.38. The van der Waals surface area contributed by atoms with Gasteiger partial charge in [-0.3, -0.25) is 4.79 Å². The standard InChI is InChI=1S/C14H18N2O2S/c1-2-3-4-12(17)13-9-11(10-15)14(19-13)16-5-7-18-8-6-16/h9H,2-8H2,1H3. The van der Waals surface area contributed by atoms with E-state index in [4.69, 9.17) is 4.74 Å². The van der Waals surface area contributed by atoms with Crippen LogP contribution in [0.1, 0.15) is 41.4 Å². The number of ketones is 1. The van der Waals surface area contributed by atoms with Gasteiger partial charge < -0.3 is 9.64 Å². The van der Waals surface area contributed by atoms with E-state index in [1.165, 1.54) is 11.3 Å². The van der Waals surface area contributed by atoms with Crippen LogP contribution in [-0.4, -0.2) is 32.1 Å². The molecule has 0 bridgehead atoms. The van der Waals surface area contributed by atoms with Gasteiger partial charge >= 0.3 is 0 Å². The molecule has 2 rings (SSSR count). The number of carbonyl (C=O) groups is 1. The van der Waals surface area contributed by atoms with Crippen LogP contribution in [-0.2, 0) is 4.74 Å². The number of rotatable bonds is 5. The Kier molecular flexibility index (Phi) is 4.94. The quantitative estimate of drug-likeness (QED) is 0.777. The molecule has 0 aromatic carbocycles. The zero-order chi connectivity index (χ0) is 13.7. The number of anilines is 1. The highest BCUT2D eigenvalue weighted by molar-refractivity contribution is 7.18. The van der Waals surface area contributed by atoms with Gasteiger partial charge in [0.05, 0.1) is 23.7 Å². The number of morpholine rings is 1. The summed E-state index contributed by atoms with van der Waals surface area (Å²) < 4.78 is 5.32. The van der Waals surface area contributed by atoms with Crippen molar-refractivity contribution in [3.05, 3.63) is 16.5 Å². The molecule has 0 N–H and O–H groups in total. The molecule has 102 valence electrons. The molecular weight excluding hydrogens is 260 g/mol. The van der Waals surface area contributed by atoms with Crippen molar-refractivity contribution in [1.82, 2.24) is 0 Å². The Morgan fingerprint density at radius 2 is 2.26 bits per heavy atom. The van der Waals surface area contributed by atoms with Gasteiger partial charge in [0.15, 0.2) is 5.78 Å². The lowest BCUT2D eigenvalue weighted by Crippen LogP contribution is -2.36. The fourth-order valence-electron chi connectivity index (χ4n) is 2.06. The monoisotopic (exact) mass is 278 g/mol. The highest BCUT2D eigenvalue weighted by atomic mass is 32.1. The number of unbranched alkanes of at least 4 members (excludes halogenated alkanes) is 1. The van der Waals surface area contributed by atoms with Crippen molar-refractivity contribution in [2.24, 2.45) is 0 Å². The first-order chi connectivity index (χ1) is 9.26. The Morgan fingerprint density at radius 1 is 1.53 bits per heavy atom. The molecule has 1 aliphatic heterocycles. The van der Waals surface area contributed by atoms with Gasteiger partial charge in [-0.2, -0.15) is 5.26 Å². The number of nitrogens with zero attached hydrogens (tertiary/aromatic N) is 2. The number of nitriles is 1. The number of hydrogen-bond donors (Lipinski definition) is 0. The summed E-state index contributed by atoms with van der Waals surface area (Å²) in [6.07, 6.45) is 2.49. The molecule has 0 spiro atoms. The van der Waals surface area contributed by atoms with Gasteiger partial charge in [0.25, 0.3) is 0 Å². The molecular formula is C14H18N2O2S. The molecule has 0 amide bonds. The second-order valence-corrected chi connectivity index (χ2v) is 5.60. The maximum absolute atomic E-state index is 12.0. The summed E-state index contributed by atoms with van der Waals surface area (Å²) in [6.45, 7) is 5.01. The highest BCUT2D eigenvalue weighted by Crippen LogP contribution is 2.32. The Labute approximate surface area is 117 Å². The highest BCUT2D eigenvalue weighted by Gasteiger charge is 2.20. The van der Waals surface area contributed by atoms with Gasteiger partial charge in [0.1, 0.15) is 11.1 Å². The lowest BCUT2D eigenvalue weighted by molar-refractivity contribution is 0.0983. The minimum absolute atomic E-state index is 0.155. The summed E-state index contributed by atoms with van der Waals surface area (Å²) in [5.41, 5.74) is 0.617. The maximum atomic E-state index is 12.0. The fraction of sp³-hybridized carbons (Fsp3) is 0.571. The van der Waals surface area contributed by atoms with E-state index in [1.54, 1.807) is 6.07 Å². The van der Waals surface area contributed by atoms with Gasteiger partial charge in [-0.15, -0.1) is 11.3 Å². The van der Waals surface area contributed by atoms with Crippen LogP contribution in [0.2, 0.25) is 0 Å². The van der Waals surface area contributed by atoms with Crippen LogP contribution in [0.4, 0.5) is 5.00 Å². The Morgan fingerprint density at radius 3 is 2.89 bits per heavy atom. The number of Topliss-reactive ketones (excluding diaryl/α,β-unsaturated/α-hetero) is 1. The third-order valence-corrected chi connectivity index (χ3v) is 4.40. The van der Waals surface area contributed by atoms with Gasteiger partial charge in [-0.1, -0.05) is 13.3 Å². The SMILES string of the molecule is CCCCC(=O)c1cc(C#N)c(N2CCOCC2)s1. The third kappa shape index (κ3) is 3.34. The molecule has 1 fully saturated rings. The molecule has 1 aromatic rings. The van der Waals surface area contributed by atoms with Crippen LogP contribution >= 0.6 is 11.3 Å². The first-order valence-electron chi connectivity index (χ1n) is 6.66. The molecule has 1 aliphatic rings. The second-order valence-electron chi connectivity index (χ2n) is 4.57. The predicted octanol–water partition coefficient (Wildman–Crippen LogP) is 2.83. The van der Waals surface area contributed by atoms with Gasteiger partial charge in [-0.05, 0) is 12.5 Å². The van der Waals surface area contributed by atoms with Crippen molar-refractivity contribution in [3.63, 3.8) is 0 Å². The Balaban J connectivity index is 2.17. The van der Waals surface area contributed by atoms with Crippen LogP contribution < -0.4 is 4.90 Å². The molecule has 0 aliphatic carbocycles. The minimum atomic E-state index is 0.155. The first kappa shape index (κ1) is 14.0. The molecule has 19 heavy (non-hydrogen) atoms. The summed E-state index contributed by atoms with van der Waals surface area (Å²) in [5, 5.41) is 10.1. The zero-order valence-corrected chi connectivity index (χ0v) is 12.0. The largest absolute Gasteiger partial charge is 0.378 e. The van der Waals surface area contributed by atoms with Gasteiger partial charge in [-0.25, -0.2) is 0 Å². The van der Waals surface area contributed by atoms with Crippen molar-refractivity contribution in [2.75, 3.05) is 31.2 Å². The number of ether oxygens (including phenoxy) is 1. The van der Waals surface area contributed by atoms with E-state index < -0.39 is 0 Å². The van der Waals surface area contributed by atoms with Crippen LogP contribution in [0.3, 0.4) is 0 Å². The normalized spacial score (nSPS) is 15.3. The summed E-state index contributed by atoms with van der Waals surface area (Å²) in [4.78, 5) is 14.9. The van der Waals surface area contributed by atoms with Crippen molar-refractivity contribution in [1.29, 1.82) is 5.26 Å². The van der Waals surface area contributed by atoms with E-state index in [0.29, 0.717) is 30.1 Å². The number of hydrogen-bond acceptors (Lipinski definition) is 5. The van der Waals surface area contributed by atoms with E-state index in [-0.39, 0.29) is 5.78 Å². The van der Waals surface area contributed by atoms with Crippen molar-refractivity contribution in [2.45, 2.75) is 26.2 Å². The zero-order valence-electron chi connectivity index (χ0n) is 11.1. The molecule has 0 saturated carbocycles. The van der Waals surface area contributed by atoms with E-state index >= 15 is 0 Å². The van der Waals surface area contributed by atoms with Crippen LogP contribution in [0.5, 0.6) is 0 Å². The molecule has 5 heteroatoms. The van der Waals surface area contributed by atoms with Gasteiger partial charge in [0, 0.05) is 19.5 Å². The molecule has 1 saturated heterocycles. The fourth-order valence-corrected chi connectivity index (χ4v) is 3.19. The molecule has 0 unspecified atom stereocenters. The molecule has 0 atom stereocenters. The molecule has 0 radical (unpaired) electrons. The van der Waals surface area contributed by atoms with Crippen LogP contribution in [0, 0.1) is 11.3 Å². The number of carbonyl (C=O) groups excluding carboxylic acids is 1. The van der Waals surface area contributed by atoms with Crippen molar-refractivity contribution >= 4 is 22.1 Å². The summed E-state index contributed by atoms with van der Waals surface area (Å²) in [5.74, 6) is 0.155.